The van der Waals surface area contributed by atoms with Crippen LogP contribution in [-0.2, 0) is 5.41 Å². The van der Waals surface area contributed by atoms with Gasteiger partial charge in [-0.2, -0.15) is 0 Å². The standard InChI is InChI=1S/C17H26O2/c1-11-15(18)13-9-12(7-8-14(13)19-11)17(5,6)10-16(2,3)4/h7-9,11,15,18H,10H2,1-6H3. The maximum atomic E-state index is 10.1. The van der Waals surface area contributed by atoms with Gasteiger partial charge < -0.3 is 9.84 Å². The van der Waals surface area contributed by atoms with Crippen molar-refractivity contribution in [3.05, 3.63) is 29.3 Å². The van der Waals surface area contributed by atoms with E-state index in [1.54, 1.807) is 0 Å². The van der Waals surface area contributed by atoms with Gasteiger partial charge in [-0.15, -0.1) is 0 Å². The lowest BCUT2D eigenvalue weighted by Crippen LogP contribution is -2.25. The second-order valence-corrected chi connectivity index (χ2v) is 7.64. The molecule has 0 saturated heterocycles. The fourth-order valence-electron chi connectivity index (χ4n) is 3.25. The van der Waals surface area contributed by atoms with Crippen LogP contribution >= 0.6 is 0 Å². The molecule has 2 unspecified atom stereocenters. The molecule has 0 radical (unpaired) electrons. The summed E-state index contributed by atoms with van der Waals surface area (Å²) in [5.74, 6) is 0.829. The molecule has 0 fully saturated rings. The highest BCUT2D eigenvalue weighted by Crippen LogP contribution is 2.42. The van der Waals surface area contributed by atoms with Crippen LogP contribution in [0.2, 0.25) is 0 Å². The number of aliphatic hydroxyl groups excluding tert-OH is 1. The van der Waals surface area contributed by atoms with E-state index in [9.17, 15) is 5.11 Å². The van der Waals surface area contributed by atoms with Gasteiger partial charge in [0.15, 0.2) is 0 Å². The van der Waals surface area contributed by atoms with Crippen molar-refractivity contribution in [1.82, 2.24) is 0 Å². The zero-order valence-electron chi connectivity index (χ0n) is 12.9. The van der Waals surface area contributed by atoms with E-state index in [4.69, 9.17) is 4.74 Å². The largest absolute Gasteiger partial charge is 0.487 e. The van der Waals surface area contributed by atoms with Crippen LogP contribution < -0.4 is 4.74 Å². The molecule has 19 heavy (non-hydrogen) atoms. The van der Waals surface area contributed by atoms with Crippen molar-refractivity contribution in [2.75, 3.05) is 0 Å². The van der Waals surface area contributed by atoms with Crippen molar-refractivity contribution in [3.63, 3.8) is 0 Å². The SMILES string of the molecule is CC1Oc2ccc(C(C)(C)CC(C)(C)C)cc2C1O. The molecule has 2 rings (SSSR count). The van der Waals surface area contributed by atoms with Crippen LogP contribution in [0.3, 0.4) is 0 Å². The van der Waals surface area contributed by atoms with Crippen molar-refractivity contribution in [1.29, 1.82) is 0 Å². The van der Waals surface area contributed by atoms with Gasteiger partial charge in [-0.3, -0.25) is 0 Å². The van der Waals surface area contributed by atoms with Gasteiger partial charge in [-0.25, -0.2) is 0 Å². The molecule has 1 aromatic rings. The molecule has 1 aliphatic heterocycles. The smallest absolute Gasteiger partial charge is 0.126 e. The van der Waals surface area contributed by atoms with Gasteiger partial charge in [0.2, 0.25) is 0 Å². The van der Waals surface area contributed by atoms with E-state index >= 15 is 0 Å². The Morgan fingerprint density at radius 3 is 2.37 bits per heavy atom. The fraction of sp³-hybridized carbons (Fsp3) is 0.647. The topological polar surface area (TPSA) is 29.5 Å². The Bertz CT molecular complexity index is 469. The minimum Gasteiger partial charge on any atom is -0.487 e. The predicted molar refractivity (Wildman–Crippen MR) is 78.6 cm³/mol. The van der Waals surface area contributed by atoms with E-state index in [0.717, 1.165) is 17.7 Å². The number of rotatable bonds is 2. The second-order valence-electron chi connectivity index (χ2n) is 7.64. The van der Waals surface area contributed by atoms with Crippen LogP contribution in [0.1, 0.15) is 65.2 Å². The Labute approximate surface area is 116 Å². The minimum atomic E-state index is -0.500. The summed E-state index contributed by atoms with van der Waals surface area (Å²) in [4.78, 5) is 0. The quantitative estimate of drug-likeness (QED) is 0.865. The van der Waals surface area contributed by atoms with Crippen molar-refractivity contribution in [3.8, 4) is 5.75 Å². The Hall–Kier alpha value is -1.02. The first-order chi connectivity index (χ1) is 8.60. The molecule has 0 aliphatic carbocycles. The van der Waals surface area contributed by atoms with E-state index < -0.39 is 6.10 Å². The van der Waals surface area contributed by atoms with Crippen LogP contribution in [0.4, 0.5) is 0 Å². The lowest BCUT2D eigenvalue weighted by Gasteiger charge is -2.33. The molecule has 0 spiro atoms. The van der Waals surface area contributed by atoms with Gasteiger partial charge in [0, 0.05) is 5.56 Å². The number of hydrogen-bond donors (Lipinski definition) is 1. The van der Waals surface area contributed by atoms with Crippen molar-refractivity contribution >= 4 is 0 Å². The molecule has 1 aliphatic rings. The average molecular weight is 262 g/mol. The molecule has 2 atom stereocenters. The summed E-state index contributed by atoms with van der Waals surface area (Å²) in [5, 5.41) is 10.1. The summed E-state index contributed by atoms with van der Waals surface area (Å²) < 4.78 is 5.64. The van der Waals surface area contributed by atoms with E-state index in [0.29, 0.717) is 0 Å². The number of hydrogen-bond acceptors (Lipinski definition) is 2. The summed E-state index contributed by atoms with van der Waals surface area (Å²) in [6.07, 6.45) is 0.460. The molecule has 1 N–H and O–H groups in total. The third-order valence-corrected chi connectivity index (χ3v) is 3.84. The number of aliphatic hydroxyl groups is 1. The lowest BCUT2D eigenvalue weighted by molar-refractivity contribution is 0.0795. The zero-order chi connectivity index (χ0) is 14.4. The zero-order valence-corrected chi connectivity index (χ0v) is 12.9. The summed E-state index contributed by atoms with van der Waals surface area (Å²) in [5.41, 5.74) is 2.59. The fourth-order valence-corrected chi connectivity index (χ4v) is 3.25. The highest BCUT2D eigenvalue weighted by Gasteiger charge is 2.33. The first-order valence-electron chi connectivity index (χ1n) is 7.09. The molecular weight excluding hydrogens is 236 g/mol. The average Bonchev–Trinajstić information content (AvgIpc) is 2.51. The minimum absolute atomic E-state index is 0.0961. The summed E-state index contributed by atoms with van der Waals surface area (Å²) in [7, 11) is 0. The van der Waals surface area contributed by atoms with Crippen LogP contribution in [0, 0.1) is 5.41 Å². The Balaban J connectivity index is 2.33. The molecule has 1 aromatic carbocycles. The van der Waals surface area contributed by atoms with E-state index in [1.807, 2.05) is 13.0 Å². The molecule has 0 bridgehead atoms. The van der Waals surface area contributed by atoms with Crippen molar-refractivity contribution in [2.24, 2.45) is 5.41 Å². The highest BCUT2D eigenvalue weighted by molar-refractivity contribution is 5.44. The maximum absolute atomic E-state index is 10.1. The molecule has 0 aromatic heterocycles. The molecule has 1 heterocycles. The molecule has 106 valence electrons. The Morgan fingerprint density at radius 1 is 1.16 bits per heavy atom. The van der Waals surface area contributed by atoms with Gasteiger partial charge in [-0.1, -0.05) is 40.7 Å². The monoisotopic (exact) mass is 262 g/mol. The number of ether oxygens (including phenoxy) is 1. The molecule has 2 heteroatoms. The van der Waals surface area contributed by atoms with Crippen LogP contribution in [0.25, 0.3) is 0 Å². The van der Waals surface area contributed by atoms with Crippen LogP contribution in [0.15, 0.2) is 18.2 Å². The third kappa shape index (κ3) is 2.94. The van der Waals surface area contributed by atoms with Crippen LogP contribution in [-0.4, -0.2) is 11.2 Å². The molecule has 2 nitrogen and oxygen atoms in total. The van der Waals surface area contributed by atoms with Gasteiger partial charge in [0.1, 0.15) is 18.0 Å². The van der Waals surface area contributed by atoms with E-state index in [1.165, 1.54) is 5.56 Å². The van der Waals surface area contributed by atoms with Gasteiger partial charge in [-0.05, 0) is 41.9 Å². The maximum Gasteiger partial charge on any atom is 0.126 e. The predicted octanol–water partition coefficient (Wildman–Crippen LogP) is 4.21. The van der Waals surface area contributed by atoms with Gasteiger partial charge in [0.05, 0.1) is 0 Å². The lowest BCUT2D eigenvalue weighted by atomic mass is 9.72. The first-order valence-corrected chi connectivity index (χ1v) is 7.09. The van der Waals surface area contributed by atoms with Crippen LogP contribution in [0.5, 0.6) is 5.75 Å². The van der Waals surface area contributed by atoms with Crippen molar-refractivity contribution < 1.29 is 9.84 Å². The van der Waals surface area contributed by atoms with E-state index in [-0.39, 0.29) is 16.9 Å². The van der Waals surface area contributed by atoms with E-state index in [2.05, 4.69) is 46.8 Å². The first kappa shape index (κ1) is 14.4. The summed E-state index contributed by atoms with van der Waals surface area (Å²) in [6, 6.07) is 6.26. The summed E-state index contributed by atoms with van der Waals surface area (Å²) in [6.45, 7) is 13.2. The number of benzene rings is 1. The van der Waals surface area contributed by atoms with Gasteiger partial charge >= 0.3 is 0 Å². The number of fused-ring (bicyclic) bond motifs is 1. The molecule has 0 amide bonds. The van der Waals surface area contributed by atoms with Gasteiger partial charge in [0.25, 0.3) is 0 Å². The molecule has 0 saturated carbocycles. The Morgan fingerprint density at radius 2 is 1.79 bits per heavy atom. The third-order valence-electron chi connectivity index (χ3n) is 3.84. The van der Waals surface area contributed by atoms with Crippen molar-refractivity contribution in [2.45, 2.75) is 65.6 Å². The second kappa shape index (κ2) is 4.52. The summed E-state index contributed by atoms with van der Waals surface area (Å²) >= 11 is 0. The normalized spacial score (nSPS) is 23.1. The molecular formula is C17H26O2. The Kier molecular flexibility index (Phi) is 3.42. The highest BCUT2D eigenvalue weighted by atomic mass is 16.5.